The van der Waals surface area contributed by atoms with Gasteiger partial charge in [-0.1, -0.05) is 6.07 Å². The lowest BCUT2D eigenvalue weighted by Gasteiger charge is -2.16. The maximum atomic E-state index is 9.46. The van der Waals surface area contributed by atoms with Gasteiger partial charge in [-0.15, -0.1) is 0 Å². The maximum Gasteiger partial charge on any atom is 0.222 e. The van der Waals surface area contributed by atoms with Crippen LogP contribution in [0.4, 0.5) is 11.8 Å². The number of imidazole rings is 1. The van der Waals surface area contributed by atoms with Crippen molar-refractivity contribution in [2.24, 2.45) is 0 Å². The van der Waals surface area contributed by atoms with Gasteiger partial charge in [-0.2, -0.15) is 10.2 Å². The smallest absolute Gasteiger partial charge is 0.222 e. The van der Waals surface area contributed by atoms with Crippen molar-refractivity contribution in [3.05, 3.63) is 42.5 Å². The third-order valence-corrected chi connectivity index (χ3v) is 3.89. The highest BCUT2D eigenvalue weighted by Crippen LogP contribution is 2.39. The van der Waals surface area contributed by atoms with Crippen LogP contribution in [0.25, 0.3) is 11.3 Å². The highest BCUT2D eigenvalue weighted by Gasteiger charge is 2.19. The third kappa shape index (κ3) is 3.90. The zero-order valence-electron chi connectivity index (χ0n) is 14.8. The molecule has 0 saturated heterocycles. The molecule has 0 spiro atoms. The minimum atomic E-state index is -0.0182. The number of nitriles is 1. The highest BCUT2D eigenvalue weighted by molar-refractivity contribution is 5.79. The van der Waals surface area contributed by atoms with Gasteiger partial charge in [0, 0.05) is 24.5 Å². The van der Waals surface area contributed by atoms with Gasteiger partial charge in [-0.3, -0.25) is 0 Å². The van der Waals surface area contributed by atoms with E-state index in [1.54, 1.807) is 37.8 Å². The van der Waals surface area contributed by atoms with Crippen molar-refractivity contribution in [3.63, 3.8) is 0 Å². The van der Waals surface area contributed by atoms with E-state index in [1.165, 1.54) is 0 Å². The molecular weight excluding hydrogens is 346 g/mol. The summed E-state index contributed by atoms with van der Waals surface area (Å²) in [5.41, 5.74) is 12.6. The zero-order valence-corrected chi connectivity index (χ0v) is 14.8. The van der Waals surface area contributed by atoms with Crippen molar-refractivity contribution >= 4 is 11.8 Å². The van der Waals surface area contributed by atoms with Gasteiger partial charge in [0.05, 0.1) is 25.7 Å². The molecule has 0 saturated carbocycles. The second-order valence-electron chi connectivity index (χ2n) is 5.64. The van der Waals surface area contributed by atoms with E-state index in [4.69, 9.17) is 20.9 Å². The molecule has 0 amide bonds. The molecule has 4 N–H and O–H groups in total. The molecule has 0 atom stereocenters. The van der Waals surface area contributed by atoms with Gasteiger partial charge in [0.15, 0.2) is 11.5 Å². The van der Waals surface area contributed by atoms with Gasteiger partial charge in [0.2, 0.25) is 5.95 Å². The van der Waals surface area contributed by atoms with E-state index < -0.39 is 0 Å². The van der Waals surface area contributed by atoms with Gasteiger partial charge in [-0.05, 0) is 18.6 Å². The minimum absolute atomic E-state index is 0.0182. The molecule has 0 unspecified atom stereocenters. The van der Waals surface area contributed by atoms with Gasteiger partial charge in [0.25, 0.3) is 0 Å². The Labute approximate surface area is 156 Å². The number of aryl methyl sites for hydroxylation is 1. The summed E-state index contributed by atoms with van der Waals surface area (Å²) >= 11 is 0. The molecule has 138 valence electrons. The molecular formula is C18H19N7O2. The number of nitrogens with zero attached hydrogens (tertiary/aromatic N) is 5. The van der Waals surface area contributed by atoms with Crippen LogP contribution in [0.5, 0.6) is 11.5 Å². The Bertz CT molecular complexity index is 965. The molecule has 2 aromatic heterocycles. The van der Waals surface area contributed by atoms with Crippen LogP contribution in [-0.2, 0) is 6.54 Å². The number of nitrogen functional groups attached to an aromatic ring is 2. The predicted octanol–water partition coefficient (Wildman–Crippen LogP) is 1.85. The first kappa shape index (κ1) is 18.0. The van der Waals surface area contributed by atoms with Crippen molar-refractivity contribution in [1.82, 2.24) is 19.5 Å². The number of nitrogens with two attached hydrogens (primary N) is 2. The molecule has 0 bridgehead atoms. The number of anilines is 2. The summed E-state index contributed by atoms with van der Waals surface area (Å²) in [6.07, 6.45) is 6.12. The quantitative estimate of drug-likeness (QED) is 0.605. The topological polar surface area (TPSA) is 138 Å². The Morgan fingerprint density at radius 1 is 1.26 bits per heavy atom. The number of hydrogen-bond donors (Lipinski definition) is 2. The fraction of sp³-hybridized carbons (Fsp3) is 0.222. The highest BCUT2D eigenvalue weighted by atomic mass is 16.5. The zero-order chi connectivity index (χ0) is 19.2. The molecule has 0 fully saturated rings. The van der Waals surface area contributed by atoms with Gasteiger partial charge < -0.3 is 25.5 Å². The predicted molar refractivity (Wildman–Crippen MR) is 99.9 cm³/mol. The molecule has 1 aromatic carbocycles. The van der Waals surface area contributed by atoms with Crippen LogP contribution >= 0.6 is 0 Å². The molecule has 9 nitrogen and oxygen atoms in total. The lowest BCUT2D eigenvalue weighted by atomic mass is 10.1. The molecule has 3 rings (SSSR count). The number of rotatable bonds is 7. The number of ether oxygens (including phenoxy) is 2. The normalized spacial score (nSPS) is 10.4. The summed E-state index contributed by atoms with van der Waals surface area (Å²) in [5, 5.41) is 9.46. The first-order chi connectivity index (χ1) is 13.1. The van der Waals surface area contributed by atoms with Crippen molar-refractivity contribution in [2.75, 3.05) is 25.2 Å². The molecule has 9 heteroatoms. The van der Waals surface area contributed by atoms with E-state index in [0.717, 1.165) is 13.0 Å². The van der Waals surface area contributed by atoms with E-state index in [2.05, 4.69) is 15.0 Å². The number of para-hydroxylation sites is 1. The molecule has 0 aliphatic carbocycles. The molecule has 0 aliphatic heterocycles. The number of methoxy groups -OCH3 is 1. The van der Waals surface area contributed by atoms with Crippen LogP contribution in [0.15, 0.2) is 36.9 Å². The Morgan fingerprint density at radius 2 is 2.11 bits per heavy atom. The van der Waals surface area contributed by atoms with E-state index in [-0.39, 0.29) is 17.3 Å². The first-order valence-corrected chi connectivity index (χ1v) is 8.23. The number of benzene rings is 1. The maximum absolute atomic E-state index is 9.46. The summed E-state index contributed by atoms with van der Waals surface area (Å²) in [6, 6.07) is 7.35. The van der Waals surface area contributed by atoms with Gasteiger partial charge >= 0.3 is 0 Å². The van der Waals surface area contributed by atoms with Crippen LogP contribution < -0.4 is 20.9 Å². The third-order valence-electron chi connectivity index (χ3n) is 3.89. The average Bonchev–Trinajstić information content (AvgIpc) is 3.18. The standard InChI is InChI=1S/C18H19N7O2/c1-26-14-5-2-4-12(15-13(10-19)17(20)24-18(21)23-15)16(14)27-9-3-7-25-8-6-22-11-25/h2,4-6,8,11H,3,7,9H2,1H3,(H4,20,21,23,24). The van der Waals surface area contributed by atoms with Crippen LogP contribution in [0.1, 0.15) is 12.0 Å². The SMILES string of the molecule is COc1cccc(-c2nc(N)nc(N)c2C#N)c1OCCCn1ccnc1. The van der Waals surface area contributed by atoms with E-state index in [1.807, 2.05) is 16.8 Å². The van der Waals surface area contributed by atoms with Crippen molar-refractivity contribution in [3.8, 4) is 28.8 Å². The fourth-order valence-corrected chi connectivity index (χ4v) is 2.65. The lowest BCUT2D eigenvalue weighted by molar-refractivity contribution is 0.284. The fourth-order valence-electron chi connectivity index (χ4n) is 2.65. The monoisotopic (exact) mass is 365 g/mol. The van der Waals surface area contributed by atoms with Gasteiger partial charge in [-0.25, -0.2) is 9.97 Å². The van der Waals surface area contributed by atoms with Crippen molar-refractivity contribution in [1.29, 1.82) is 5.26 Å². The Kier molecular flexibility index (Phi) is 5.37. The number of aromatic nitrogens is 4. The van der Waals surface area contributed by atoms with Crippen LogP contribution in [0.3, 0.4) is 0 Å². The molecule has 2 heterocycles. The first-order valence-electron chi connectivity index (χ1n) is 8.23. The Hall–Kier alpha value is -3.80. The molecule has 0 aliphatic rings. The van der Waals surface area contributed by atoms with Crippen molar-refractivity contribution < 1.29 is 9.47 Å². The van der Waals surface area contributed by atoms with Crippen LogP contribution in [0.2, 0.25) is 0 Å². The van der Waals surface area contributed by atoms with Gasteiger partial charge in [0.1, 0.15) is 17.5 Å². The van der Waals surface area contributed by atoms with Crippen LogP contribution in [0, 0.1) is 11.3 Å². The molecule has 27 heavy (non-hydrogen) atoms. The second-order valence-corrected chi connectivity index (χ2v) is 5.64. The Balaban J connectivity index is 1.91. The second kappa shape index (κ2) is 8.05. The summed E-state index contributed by atoms with van der Waals surface area (Å²) in [6.45, 7) is 1.20. The lowest BCUT2D eigenvalue weighted by Crippen LogP contribution is -2.08. The minimum Gasteiger partial charge on any atom is -0.493 e. The summed E-state index contributed by atoms with van der Waals surface area (Å²) in [5.74, 6) is 0.999. The summed E-state index contributed by atoms with van der Waals surface area (Å²) in [4.78, 5) is 12.1. The van der Waals surface area contributed by atoms with E-state index in [0.29, 0.717) is 29.4 Å². The van der Waals surface area contributed by atoms with E-state index >= 15 is 0 Å². The molecule has 3 aromatic rings. The van der Waals surface area contributed by atoms with Crippen molar-refractivity contribution in [2.45, 2.75) is 13.0 Å². The molecule has 0 radical (unpaired) electrons. The average molecular weight is 365 g/mol. The van der Waals surface area contributed by atoms with E-state index in [9.17, 15) is 5.26 Å². The summed E-state index contributed by atoms with van der Waals surface area (Å²) < 4.78 is 13.4. The largest absolute Gasteiger partial charge is 0.493 e. The Morgan fingerprint density at radius 3 is 2.81 bits per heavy atom. The summed E-state index contributed by atoms with van der Waals surface area (Å²) in [7, 11) is 1.55. The number of hydrogen-bond acceptors (Lipinski definition) is 8. The van der Waals surface area contributed by atoms with Crippen LogP contribution in [-0.4, -0.2) is 33.2 Å².